The van der Waals surface area contributed by atoms with Crippen molar-refractivity contribution in [3.63, 3.8) is 0 Å². The van der Waals surface area contributed by atoms with Crippen LogP contribution in [-0.2, 0) is 0 Å². The Labute approximate surface area is 72.6 Å². The van der Waals surface area contributed by atoms with Gasteiger partial charge in [0.2, 0.25) is 0 Å². The number of rotatable bonds is 0. The molecule has 3 saturated carbocycles. The van der Waals surface area contributed by atoms with Crippen LogP contribution in [0.1, 0.15) is 38.5 Å². The molecule has 3 rings (SSSR count). The summed E-state index contributed by atoms with van der Waals surface area (Å²) in [6.45, 7) is 0. The summed E-state index contributed by atoms with van der Waals surface area (Å²) in [4.78, 5) is 0. The number of aliphatic hydroxyl groups is 2. The van der Waals surface area contributed by atoms with Crippen LogP contribution in [-0.4, -0.2) is 21.4 Å². The van der Waals surface area contributed by atoms with Crippen molar-refractivity contribution >= 4 is 0 Å². The molecule has 3 aliphatic rings. The van der Waals surface area contributed by atoms with Gasteiger partial charge in [-0.25, -0.2) is 0 Å². The van der Waals surface area contributed by atoms with E-state index in [2.05, 4.69) is 0 Å². The predicted octanol–water partition coefficient (Wildman–Crippen LogP) is 1.06. The molecule has 0 aromatic rings. The van der Waals surface area contributed by atoms with Crippen LogP contribution < -0.4 is 0 Å². The van der Waals surface area contributed by atoms with Gasteiger partial charge >= 0.3 is 0 Å². The molecule has 0 spiro atoms. The normalized spacial score (nSPS) is 62.5. The Kier molecular flexibility index (Phi) is 1.15. The number of hydrogen-bond acceptors (Lipinski definition) is 2. The summed E-state index contributed by atoms with van der Waals surface area (Å²) < 4.78 is 0. The first-order chi connectivity index (χ1) is 5.67. The second-order valence-electron chi connectivity index (χ2n) is 4.91. The highest BCUT2D eigenvalue weighted by atomic mass is 16.4. The minimum atomic E-state index is -0.685. The lowest BCUT2D eigenvalue weighted by Gasteiger charge is -2.41. The molecule has 12 heavy (non-hydrogen) atoms. The Morgan fingerprint density at radius 2 is 1.42 bits per heavy atom. The second kappa shape index (κ2) is 1.88. The zero-order valence-corrected chi connectivity index (χ0v) is 7.29. The third kappa shape index (κ3) is 0.549. The van der Waals surface area contributed by atoms with Crippen LogP contribution >= 0.6 is 0 Å². The van der Waals surface area contributed by atoms with Gasteiger partial charge in [-0.05, 0) is 50.4 Å². The molecular formula is C10H16O2. The lowest BCUT2D eigenvalue weighted by atomic mass is 9.74. The zero-order valence-electron chi connectivity index (χ0n) is 7.29. The van der Waals surface area contributed by atoms with Crippen molar-refractivity contribution in [2.75, 3.05) is 0 Å². The Balaban J connectivity index is 2.08. The first-order valence-electron chi connectivity index (χ1n) is 5.11. The zero-order chi connectivity index (χ0) is 8.40. The third-order valence-corrected chi connectivity index (χ3v) is 4.65. The molecule has 3 fully saturated rings. The summed E-state index contributed by atoms with van der Waals surface area (Å²) in [6.07, 6.45) is 6.05. The highest BCUT2D eigenvalue weighted by Crippen LogP contribution is 2.63. The lowest BCUT2D eigenvalue weighted by molar-refractivity contribution is -0.160. The van der Waals surface area contributed by atoms with Gasteiger partial charge in [0.15, 0.2) is 0 Å². The minimum absolute atomic E-state index is 0.412. The fourth-order valence-corrected chi connectivity index (χ4v) is 4.02. The molecule has 2 N–H and O–H groups in total. The molecule has 0 aromatic heterocycles. The molecule has 4 unspecified atom stereocenters. The van der Waals surface area contributed by atoms with E-state index in [1.807, 2.05) is 0 Å². The predicted molar refractivity (Wildman–Crippen MR) is 44.6 cm³/mol. The first kappa shape index (κ1) is 7.34. The largest absolute Gasteiger partial charge is 0.387 e. The van der Waals surface area contributed by atoms with Crippen LogP contribution in [0.4, 0.5) is 0 Å². The Morgan fingerprint density at radius 3 is 1.92 bits per heavy atom. The van der Waals surface area contributed by atoms with Crippen LogP contribution in [0.5, 0.6) is 0 Å². The number of hydrogen-bond donors (Lipinski definition) is 2. The van der Waals surface area contributed by atoms with Crippen molar-refractivity contribution in [1.82, 2.24) is 0 Å². The summed E-state index contributed by atoms with van der Waals surface area (Å²) in [5, 5.41) is 20.7. The molecule has 0 radical (unpaired) electrons. The fourth-order valence-electron chi connectivity index (χ4n) is 4.02. The van der Waals surface area contributed by atoms with E-state index < -0.39 is 11.2 Å². The molecule has 0 heterocycles. The summed E-state index contributed by atoms with van der Waals surface area (Å²) in [5.41, 5.74) is -1.37. The van der Waals surface area contributed by atoms with Gasteiger partial charge in [0.1, 0.15) is 0 Å². The standard InChI is InChI=1S/C10H16O2/c11-9-4-1-5-10(9,12)8-3-2-7(9)6-8/h7-8,11-12H,1-6H2. The van der Waals surface area contributed by atoms with Gasteiger partial charge < -0.3 is 10.2 Å². The topological polar surface area (TPSA) is 40.5 Å². The molecule has 0 aliphatic heterocycles. The minimum Gasteiger partial charge on any atom is -0.387 e. The SMILES string of the molecule is OC12CCCC1(O)C1CCC2C1. The second-order valence-corrected chi connectivity index (χ2v) is 4.91. The smallest absolute Gasteiger partial charge is 0.0964 e. The molecule has 2 nitrogen and oxygen atoms in total. The summed E-state index contributed by atoms with van der Waals surface area (Å²) in [5.74, 6) is 0.824. The van der Waals surface area contributed by atoms with Crippen LogP contribution in [0, 0.1) is 11.8 Å². The van der Waals surface area contributed by atoms with Gasteiger partial charge in [0, 0.05) is 0 Å². The van der Waals surface area contributed by atoms with E-state index in [1.54, 1.807) is 0 Å². The van der Waals surface area contributed by atoms with Crippen LogP contribution in [0.15, 0.2) is 0 Å². The molecule has 2 heteroatoms. The van der Waals surface area contributed by atoms with Gasteiger partial charge in [-0.1, -0.05) is 0 Å². The van der Waals surface area contributed by atoms with Gasteiger partial charge in [-0.15, -0.1) is 0 Å². The summed E-state index contributed by atoms with van der Waals surface area (Å²) in [6, 6.07) is 0. The van der Waals surface area contributed by atoms with Gasteiger partial charge in [0.05, 0.1) is 11.2 Å². The van der Waals surface area contributed by atoms with Crippen LogP contribution in [0.3, 0.4) is 0 Å². The summed E-state index contributed by atoms with van der Waals surface area (Å²) in [7, 11) is 0. The van der Waals surface area contributed by atoms with E-state index in [9.17, 15) is 10.2 Å². The molecule has 0 aromatic carbocycles. The van der Waals surface area contributed by atoms with Crippen molar-refractivity contribution < 1.29 is 10.2 Å². The molecule has 2 bridgehead atoms. The van der Waals surface area contributed by atoms with Gasteiger partial charge in [-0.2, -0.15) is 0 Å². The molecule has 3 aliphatic carbocycles. The van der Waals surface area contributed by atoms with E-state index in [0.29, 0.717) is 11.8 Å². The maximum atomic E-state index is 10.3. The monoisotopic (exact) mass is 168 g/mol. The van der Waals surface area contributed by atoms with E-state index in [4.69, 9.17) is 0 Å². The highest BCUT2D eigenvalue weighted by molar-refractivity contribution is 5.19. The molecule has 0 amide bonds. The van der Waals surface area contributed by atoms with E-state index in [0.717, 1.165) is 38.5 Å². The first-order valence-corrected chi connectivity index (χ1v) is 5.11. The van der Waals surface area contributed by atoms with Crippen LogP contribution in [0.25, 0.3) is 0 Å². The fraction of sp³-hybridized carbons (Fsp3) is 1.00. The Bertz CT molecular complexity index is 206. The Morgan fingerprint density at radius 1 is 0.917 bits per heavy atom. The molecular weight excluding hydrogens is 152 g/mol. The van der Waals surface area contributed by atoms with Gasteiger partial charge in [0.25, 0.3) is 0 Å². The maximum Gasteiger partial charge on any atom is 0.0964 e. The van der Waals surface area contributed by atoms with Crippen molar-refractivity contribution in [1.29, 1.82) is 0 Å². The maximum absolute atomic E-state index is 10.3. The third-order valence-electron chi connectivity index (χ3n) is 4.65. The van der Waals surface area contributed by atoms with E-state index in [1.165, 1.54) is 0 Å². The molecule has 0 saturated heterocycles. The average molecular weight is 168 g/mol. The highest BCUT2D eigenvalue weighted by Gasteiger charge is 2.68. The molecule has 4 atom stereocenters. The van der Waals surface area contributed by atoms with Crippen molar-refractivity contribution in [2.45, 2.75) is 49.7 Å². The average Bonchev–Trinajstić information content (AvgIpc) is 2.61. The van der Waals surface area contributed by atoms with E-state index >= 15 is 0 Å². The lowest BCUT2D eigenvalue weighted by Crippen LogP contribution is -2.54. The van der Waals surface area contributed by atoms with Crippen molar-refractivity contribution in [3.05, 3.63) is 0 Å². The summed E-state index contributed by atoms with van der Waals surface area (Å²) >= 11 is 0. The van der Waals surface area contributed by atoms with Crippen LogP contribution in [0.2, 0.25) is 0 Å². The van der Waals surface area contributed by atoms with Crippen molar-refractivity contribution in [3.8, 4) is 0 Å². The van der Waals surface area contributed by atoms with Crippen molar-refractivity contribution in [2.24, 2.45) is 11.8 Å². The van der Waals surface area contributed by atoms with Gasteiger partial charge in [-0.3, -0.25) is 0 Å². The quantitative estimate of drug-likeness (QED) is 0.568. The molecule has 68 valence electrons. The van der Waals surface area contributed by atoms with E-state index in [-0.39, 0.29) is 0 Å². The Hall–Kier alpha value is -0.0800. The number of fused-ring (bicyclic) bond motifs is 5.